The minimum Gasteiger partial charge on any atom is -0.272 e. The van der Waals surface area contributed by atoms with Crippen molar-refractivity contribution in [1.29, 1.82) is 0 Å². The van der Waals surface area contributed by atoms with Crippen LogP contribution in [0.25, 0.3) is 0 Å². The predicted molar refractivity (Wildman–Crippen MR) is 54.5 cm³/mol. The summed E-state index contributed by atoms with van der Waals surface area (Å²) in [6.07, 6.45) is 7.25. The highest BCUT2D eigenvalue weighted by Gasteiger charge is 1.96. The van der Waals surface area contributed by atoms with Crippen molar-refractivity contribution < 1.29 is 12.6 Å². The summed E-state index contributed by atoms with van der Waals surface area (Å²) >= 11 is -1.54. The molecule has 0 spiro atoms. The van der Waals surface area contributed by atoms with Gasteiger partial charge in [-0.25, -0.2) is 0 Å². The third-order valence-corrected chi connectivity index (χ3v) is 2.44. The molecule has 0 saturated carbocycles. The highest BCUT2D eigenvalue weighted by molar-refractivity contribution is 7.75. The first-order valence-electron chi connectivity index (χ1n) is 4.90. The van der Waals surface area contributed by atoms with Gasteiger partial charge in [0.05, 0.1) is 13.7 Å². The maximum atomic E-state index is 10.6. The molecule has 0 aliphatic rings. The minimum atomic E-state index is -1.54. The van der Waals surface area contributed by atoms with Crippen LogP contribution in [-0.4, -0.2) is 17.9 Å². The van der Waals surface area contributed by atoms with Gasteiger partial charge >= 0.3 is 11.4 Å². The fourth-order valence-corrected chi connectivity index (χ4v) is 1.41. The molecule has 0 N–H and O–H groups in total. The molecule has 0 rings (SSSR count). The Morgan fingerprint density at radius 3 is 2.31 bits per heavy atom. The number of hydrogen-bond acceptors (Lipinski definition) is 3. The van der Waals surface area contributed by atoms with E-state index in [0.717, 1.165) is 12.8 Å². The zero-order chi connectivity index (χ0) is 9.94. The van der Waals surface area contributed by atoms with Gasteiger partial charge in [-0.1, -0.05) is 39.0 Å². The highest BCUT2D eigenvalue weighted by Crippen LogP contribution is 2.05. The van der Waals surface area contributed by atoms with Gasteiger partial charge in [-0.2, -0.15) is 4.21 Å². The lowest BCUT2D eigenvalue weighted by Crippen LogP contribution is -2.00. The molecule has 0 radical (unpaired) electrons. The zero-order valence-corrected chi connectivity index (χ0v) is 9.40. The lowest BCUT2D eigenvalue weighted by atomic mass is 10.1. The molecule has 0 heterocycles. The Morgan fingerprint density at radius 2 is 1.69 bits per heavy atom. The van der Waals surface area contributed by atoms with Crippen LogP contribution in [0.5, 0.6) is 0 Å². The Kier molecular flexibility index (Phi) is 10.2. The van der Waals surface area contributed by atoms with E-state index in [1.54, 1.807) is 0 Å². The van der Waals surface area contributed by atoms with Crippen molar-refractivity contribution in [1.82, 2.24) is 0 Å². The molecule has 3 nitrogen and oxygen atoms in total. The van der Waals surface area contributed by atoms with Crippen molar-refractivity contribution in [2.45, 2.75) is 45.4 Å². The van der Waals surface area contributed by atoms with Crippen molar-refractivity contribution in [2.75, 3.05) is 13.7 Å². The lowest BCUT2D eigenvalue weighted by Gasteiger charge is -2.00. The molecule has 0 aromatic rings. The van der Waals surface area contributed by atoms with Crippen LogP contribution in [0.4, 0.5) is 0 Å². The van der Waals surface area contributed by atoms with E-state index in [1.165, 1.54) is 32.8 Å². The van der Waals surface area contributed by atoms with Crippen LogP contribution < -0.4 is 0 Å². The molecular weight excluding hydrogens is 188 g/mol. The molecule has 4 heteroatoms. The summed E-state index contributed by atoms with van der Waals surface area (Å²) in [5, 5.41) is 0. The van der Waals surface area contributed by atoms with Crippen LogP contribution >= 0.6 is 0 Å². The summed E-state index contributed by atoms with van der Waals surface area (Å²) in [4.78, 5) is 0. The van der Waals surface area contributed by atoms with Gasteiger partial charge in [-0.15, -0.1) is 0 Å². The number of rotatable bonds is 9. The molecule has 0 aromatic heterocycles. The Labute approximate surface area is 83.7 Å². The molecule has 0 amide bonds. The third-order valence-electron chi connectivity index (χ3n) is 1.81. The summed E-state index contributed by atoms with van der Waals surface area (Å²) < 4.78 is 19.9. The third kappa shape index (κ3) is 9.99. The quantitative estimate of drug-likeness (QED) is 0.546. The van der Waals surface area contributed by atoms with E-state index in [2.05, 4.69) is 11.1 Å². The smallest absolute Gasteiger partial charge is 0.272 e. The average Bonchev–Trinajstić information content (AvgIpc) is 2.16. The van der Waals surface area contributed by atoms with E-state index in [9.17, 15) is 4.21 Å². The second-order valence-corrected chi connectivity index (χ2v) is 3.94. The minimum absolute atomic E-state index is 0.534. The molecule has 1 atom stereocenters. The van der Waals surface area contributed by atoms with Crippen molar-refractivity contribution >= 4 is 11.4 Å². The topological polar surface area (TPSA) is 35.5 Å². The van der Waals surface area contributed by atoms with Gasteiger partial charge in [0.15, 0.2) is 0 Å². The largest absolute Gasteiger partial charge is 0.304 e. The van der Waals surface area contributed by atoms with Crippen LogP contribution in [0.2, 0.25) is 0 Å². The standard InChI is InChI=1S/C9H20O3S/c1-3-4-5-6-7-8-9-12-13(10)11-2/h3-9H2,1-2H3. The van der Waals surface area contributed by atoms with Crippen molar-refractivity contribution in [3.8, 4) is 0 Å². The van der Waals surface area contributed by atoms with Gasteiger partial charge in [-0.3, -0.25) is 8.37 Å². The van der Waals surface area contributed by atoms with E-state index in [1.807, 2.05) is 0 Å². The van der Waals surface area contributed by atoms with Gasteiger partial charge < -0.3 is 0 Å². The molecule has 13 heavy (non-hydrogen) atoms. The number of unbranched alkanes of at least 4 members (excludes halogenated alkanes) is 5. The zero-order valence-electron chi connectivity index (χ0n) is 8.58. The Morgan fingerprint density at radius 1 is 1.08 bits per heavy atom. The van der Waals surface area contributed by atoms with Crippen molar-refractivity contribution in [2.24, 2.45) is 0 Å². The molecule has 0 saturated heterocycles. The first-order chi connectivity index (χ1) is 6.31. The van der Waals surface area contributed by atoms with E-state index in [4.69, 9.17) is 4.18 Å². The highest BCUT2D eigenvalue weighted by atomic mass is 32.2. The number of hydrogen-bond donors (Lipinski definition) is 0. The van der Waals surface area contributed by atoms with Crippen LogP contribution in [0.1, 0.15) is 45.4 Å². The van der Waals surface area contributed by atoms with Crippen LogP contribution in [0, 0.1) is 0 Å². The summed E-state index contributed by atoms with van der Waals surface area (Å²) in [6, 6.07) is 0. The maximum Gasteiger partial charge on any atom is 0.304 e. The first kappa shape index (κ1) is 13.1. The molecule has 0 fully saturated rings. The van der Waals surface area contributed by atoms with Crippen molar-refractivity contribution in [3.63, 3.8) is 0 Å². The van der Waals surface area contributed by atoms with Crippen LogP contribution in [-0.2, 0) is 19.7 Å². The van der Waals surface area contributed by atoms with E-state index in [-0.39, 0.29) is 0 Å². The fraction of sp³-hybridized carbons (Fsp3) is 1.00. The fourth-order valence-electron chi connectivity index (χ4n) is 1.06. The van der Waals surface area contributed by atoms with Crippen LogP contribution in [0.15, 0.2) is 0 Å². The average molecular weight is 208 g/mol. The second-order valence-electron chi connectivity index (χ2n) is 2.96. The summed E-state index contributed by atoms with van der Waals surface area (Å²) in [5.41, 5.74) is 0. The molecule has 0 aliphatic heterocycles. The second kappa shape index (κ2) is 10.2. The molecular formula is C9H20O3S. The summed E-state index contributed by atoms with van der Waals surface area (Å²) in [5.74, 6) is 0. The normalized spacial score (nSPS) is 13.1. The van der Waals surface area contributed by atoms with E-state index >= 15 is 0 Å². The SMILES string of the molecule is CCCCCCCCOS(=O)OC. The van der Waals surface area contributed by atoms with E-state index < -0.39 is 11.4 Å². The van der Waals surface area contributed by atoms with Gasteiger partial charge in [0, 0.05) is 0 Å². The van der Waals surface area contributed by atoms with Gasteiger partial charge in [0.2, 0.25) is 0 Å². The Hall–Kier alpha value is 0.0700. The Bertz CT molecular complexity index is 128. The maximum absolute atomic E-state index is 10.6. The van der Waals surface area contributed by atoms with Gasteiger partial charge in [-0.05, 0) is 6.42 Å². The molecule has 0 bridgehead atoms. The molecule has 0 aromatic carbocycles. The molecule has 1 unspecified atom stereocenters. The van der Waals surface area contributed by atoms with Gasteiger partial charge in [0.25, 0.3) is 0 Å². The van der Waals surface area contributed by atoms with Crippen molar-refractivity contribution in [3.05, 3.63) is 0 Å². The molecule has 0 aliphatic carbocycles. The first-order valence-corrected chi connectivity index (χ1v) is 5.90. The lowest BCUT2D eigenvalue weighted by molar-refractivity contribution is 0.274. The Balaban J connectivity index is 2.95. The summed E-state index contributed by atoms with van der Waals surface area (Å²) in [7, 11) is 1.37. The predicted octanol–water partition coefficient (Wildman–Crippen LogP) is 2.59. The van der Waals surface area contributed by atoms with Crippen LogP contribution in [0.3, 0.4) is 0 Å². The molecule has 80 valence electrons. The monoisotopic (exact) mass is 208 g/mol. The van der Waals surface area contributed by atoms with Gasteiger partial charge in [0.1, 0.15) is 0 Å². The van der Waals surface area contributed by atoms with E-state index in [0.29, 0.717) is 6.61 Å². The summed E-state index contributed by atoms with van der Waals surface area (Å²) in [6.45, 7) is 2.73.